The van der Waals surface area contributed by atoms with Gasteiger partial charge < -0.3 is 14.5 Å². The first-order chi connectivity index (χ1) is 30.9. The van der Waals surface area contributed by atoms with Gasteiger partial charge in [-0.05, 0) is 95.2 Å². The maximum atomic E-state index is 13.4. The SMILES string of the molecule is CCCCCCC(CCC/C=C\C(=O)CCCCCCCN(CCCCCCCC(=O)OCCCC(CCCCCC)CCCCCC)C(=O)CCN1CCCC1)CCCCCC. The number of hydrogen-bond donors (Lipinski definition) is 0. The fourth-order valence-corrected chi connectivity index (χ4v) is 9.77. The zero-order valence-electron chi connectivity index (χ0n) is 42.9. The van der Waals surface area contributed by atoms with Crippen molar-refractivity contribution in [3.05, 3.63) is 12.2 Å². The molecule has 0 aliphatic carbocycles. The normalized spacial score (nSPS) is 13.3. The van der Waals surface area contributed by atoms with Crippen LogP contribution in [0.1, 0.15) is 285 Å². The molecular formula is C57H108N2O4. The molecule has 1 aliphatic heterocycles. The van der Waals surface area contributed by atoms with Gasteiger partial charge in [0, 0.05) is 38.9 Å². The van der Waals surface area contributed by atoms with Crippen molar-refractivity contribution in [3.63, 3.8) is 0 Å². The summed E-state index contributed by atoms with van der Waals surface area (Å²) in [7, 11) is 0. The minimum atomic E-state index is -0.0266. The fraction of sp³-hybridized carbons (Fsp3) is 0.912. The lowest BCUT2D eigenvalue weighted by Crippen LogP contribution is -2.35. The molecule has 0 aromatic heterocycles. The van der Waals surface area contributed by atoms with E-state index in [4.69, 9.17) is 4.74 Å². The quantitative estimate of drug-likeness (QED) is 0.0346. The van der Waals surface area contributed by atoms with E-state index in [0.717, 1.165) is 122 Å². The van der Waals surface area contributed by atoms with Gasteiger partial charge in [0.1, 0.15) is 0 Å². The molecule has 1 aliphatic rings. The number of amides is 1. The van der Waals surface area contributed by atoms with E-state index in [9.17, 15) is 14.4 Å². The number of ketones is 1. The van der Waals surface area contributed by atoms with E-state index in [-0.39, 0.29) is 11.8 Å². The molecule has 0 unspecified atom stereocenters. The van der Waals surface area contributed by atoms with E-state index >= 15 is 0 Å². The van der Waals surface area contributed by atoms with Gasteiger partial charge in [0.05, 0.1) is 6.61 Å². The Morgan fingerprint density at radius 3 is 1.43 bits per heavy atom. The molecule has 1 rings (SSSR count). The number of hydrogen-bond acceptors (Lipinski definition) is 5. The molecule has 0 radical (unpaired) electrons. The number of allylic oxidation sites excluding steroid dienone is 2. The van der Waals surface area contributed by atoms with Crippen LogP contribution in [-0.4, -0.2) is 66.8 Å². The second-order valence-electron chi connectivity index (χ2n) is 20.0. The lowest BCUT2D eigenvalue weighted by atomic mass is 9.90. The Bertz CT molecular complexity index is 1030. The van der Waals surface area contributed by atoms with Crippen molar-refractivity contribution in [1.29, 1.82) is 0 Å². The number of nitrogens with zero attached hydrogens (tertiary/aromatic N) is 2. The number of unbranched alkanes of at least 4 members (excludes halogenated alkanes) is 21. The largest absolute Gasteiger partial charge is 0.466 e. The van der Waals surface area contributed by atoms with E-state index < -0.39 is 0 Å². The summed E-state index contributed by atoms with van der Waals surface area (Å²) in [5, 5.41) is 0. The molecule has 1 saturated heterocycles. The van der Waals surface area contributed by atoms with Gasteiger partial charge in [-0.1, -0.05) is 207 Å². The Balaban J connectivity index is 2.27. The van der Waals surface area contributed by atoms with E-state index in [1.54, 1.807) is 0 Å². The van der Waals surface area contributed by atoms with Gasteiger partial charge in [-0.15, -0.1) is 0 Å². The number of rotatable bonds is 48. The van der Waals surface area contributed by atoms with Crippen LogP contribution >= 0.6 is 0 Å². The number of carbonyl (C=O) groups is 3. The molecule has 0 bridgehead atoms. The Hall–Kier alpha value is -1.69. The van der Waals surface area contributed by atoms with E-state index in [1.165, 1.54) is 161 Å². The number of likely N-dealkylation sites (tertiary alicyclic amines) is 1. The van der Waals surface area contributed by atoms with Crippen molar-refractivity contribution in [2.24, 2.45) is 11.8 Å². The second-order valence-corrected chi connectivity index (χ2v) is 20.0. The molecular weight excluding hydrogens is 777 g/mol. The van der Waals surface area contributed by atoms with Crippen molar-refractivity contribution < 1.29 is 19.1 Å². The molecule has 0 spiro atoms. The van der Waals surface area contributed by atoms with Crippen LogP contribution in [0.25, 0.3) is 0 Å². The molecule has 0 atom stereocenters. The number of ether oxygens (including phenoxy) is 1. The third-order valence-electron chi connectivity index (χ3n) is 14.0. The van der Waals surface area contributed by atoms with Crippen LogP contribution < -0.4 is 0 Å². The first-order valence-electron chi connectivity index (χ1n) is 28.3. The highest BCUT2D eigenvalue weighted by molar-refractivity contribution is 5.89. The molecule has 1 fully saturated rings. The van der Waals surface area contributed by atoms with Gasteiger partial charge in [0.15, 0.2) is 5.78 Å². The molecule has 6 heteroatoms. The van der Waals surface area contributed by atoms with Crippen LogP contribution in [0.5, 0.6) is 0 Å². The lowest BCUT2D eigenvalue weighted by molar-refractivity contribution is -0.144. The molecule has 1 heterocycles. The molecule has 6 nitrogen and oxygen atoms in total. The average molecular weight is 886 g/mol. The first kappa shape index (κ1) is 59.3. The summed E-state index contributed by atoms with van der Waals surface area (Å²) in [5.41, 5.74) is 0. The van der Waals surface area contributed by atoms with Crippen LogP contribution in [0, 0.1) is 11.8 Å². The summed E-state index contributed by atoms with van der Waals surface area (Å²) >= 11 is 0. The van der Waals surface area contributed by atoms with Crippen molar-refractivity contribution >= 4 is 17.7 Å². The smallest absolute Gasteiger partial charge is 0.305 e. The lowest BCUT2D eigenvalue weighted by Gasteiger charge is -2.24. The molecule has 0 N–H and O–H groups in total. The summed E-state index contributed by atoms with van der Waals surface area (Å²) in [6.45, 7) is 14.6. The summed E-state index contributed by atoms with van der Waals surface area (Å²) in [6.07, 6.45) is 51.7. The highest BCUT2D eigenvalue weighted by Gasteiger charge is 2.17. The van der Waals surface area contributed by atoms with Crippen LogP contribution in [-0.2, 0) is 19.1 Å². The number of carbonyl (C=O) groups excluding carboxylic acids is 3. The highest BCUT2D eigenvalue weighted by Crippen LogP contribution is 2.25. The van der Waals surface area contributed by atoms with Gasteiger partial charge in [0.2, 0.25) is 5.91 Å². The Morgan fingerprint density at radius 1 is 0.492 bits per heavy atom. The maximum absolute atomic E-state index is 13.4. The average Bonchev–Trinajstić information content (AvgIpc) is 3.82. The second kappa shape index (κ2) is 45.5. The van der Waals surface area contributed by atoms with Crippen molar-refractivity contribution in [2.75, 3.05) is 39.3 Å². The topological polar surface area (TPSA) is 66.9 Å². The van der Waals surface area contributed by atoms with Gasteiger partial charge >= 0.3 is 5.97 Å². The van der Waals surface area contributed by atoms with E-state index in [1.807, 2.05) is 6.08 Å². The Kier molecular flexibility index (Phi) is 42.8. The predicted octanol–water partition coefficient (Wildman–Crippen LogP) is 16.7. The van der Waals surface area contributed by atoms with Crippen LogP contribution in [0.4, 0.5) is 0 Å². The van der Waals surface area contributed by atoms with Gasteiger partial charge in [-0.3, -0.25) is 14.4 Å². The van der Waals surface area contributed by atoms with Gasteiger partial charge in [-0.2, -0.15) is 0 Å². The van der Waals surface area contributed by atoms with Crippen LogP contribution in [0.15, 0.2) is 12.2 Å². The summed E-state index contributed by atoms with van der Waals surface area (Å²) in [5.74, 6) is 2.24. The first-order valence-corrected chi connectivity index (χ1v) is 28.3. The van der Waals surface area contributed by atoms with Gasteiger partial charge in [-0.25, -0.2) is 0 Å². The molecule has 0 saturated carbocycles. The zero-order valence-corrected chi connectivity index (χ0v) is 42.9. The van der Waals surface area contributed by atoms with Crippen molar-refractivity contribution in [1.82, 2.24) is 9.80 Å². The summed E-state index contributed by atoms with van der Waals surface area (Å²) < 4.78 is 5.65. The molecule has 0 aromatic rings. The molecule has 0 aromatic carbocycles. The standard InChI is InChI=1S/C57H108N2O4/c1-5-9-13-24-37-53(38-25-14-10-6-2)41-28-23-30-44-55(60)43-29-19-17-21-32-49-59(56(61)46-51-58-47-34-35-48-58)50-33-22-18-20-31-45-57(62)63-52-36-42-54(39-26-15-11-7-3)40-27-16-12-8-4/h30,44,53-54H,5-29,31-43,45-52H2,1-4H3/b44-30-. The Labute approximate surface area is 393 Å². The third kappa shape index (κ3) is 38.2. The minimum absolute atomic E-state index is 0.0266. The highest BCUT2D eigenvalue weighted by atomic mass is 16.5. The number of esters is 1. The van der Waals surface area contributed by atoms with Crippen molar-refractivity contribution in [2.45, 2.75) is 285 Å². The van der Waals surface area contributed by atoms with Crippen LogP contribution in [0.2, 0.25) is 0 Å². The van der Waals surface area contributed by atoms with Crippen molar-refractivity contribution in [3.8, 4) is 0 Å². The van der Waals surface area contributed by atoms with Crippen LogP contribution in [0.3, 0.4) is 0 Å². The molecule has 63 heavy (non-hydrogen) atoms. The monoisotopic (exact) mass is 885 g/mol. The minimum Gasteiger partial charge on any atom is -0.466 e. The van der Waals surface area contributed by atoms with E-state index in [2.05, 4.69) is 43.6 Å². The summed E-state index contributed by atoms with van der Waals surface area (Å²) in [6, 6.07) is 0. The Morgan fingerprint density at radius 2 is 0.921 bits per heavy atom. The van der Waals surface area contributed by atoms with E-state index in [0.29, 0.717) is 31.8 Å². The zero-order chi connectivity index (χ0) is 45.7. The maximum Gasteiger partial charge on any atom is 0.305 e. The molecule has 1 amide bonds. The predicted molar refractivity (Wildman–Crippen MR) is 272 cm³/mol. The third-order valence-corrected chi connectivity index (χ3v) is 14.0. The molecule has 370 valence electrons. The fourth-order valence-electron chi connectivity index (χ4n) is 9.77. The van der Waals surface area contributed by atoms with Gasteiger partial charge in [0.25, 0.3) is 0 Å². The summed E-state index contributed by atoms with van der Waals surface area (Å²) in [4.78, 5) is 43.0.